The summed E-state index contributed by atoms with van der Waals surface area (Å²) in [7, 11) is 0. The Labute approximate surface area is 294 Å². The van der Waals surface area contributed by atoms with Crippen molar-refractivity contribution in [2.75, 3.05) is 6.61 Å². The molecule has 50 heavy (non-hydrogen) atoms. The third kappa shape index (κ3) is 12.2. The van der Waals surface area contributed by atoms with E-state index in [-0.39, 0.29) is 50.2 Å². The normalized spacial score (nSPS) is 18.3. The van der Waals surface area contributed by atoms with Gasteiger partial charge in [0.05, 0.1) is 12.6 Å². The molecule has 5 N–H and O–H groups in total. The second-order valence-electron chi connectivity index (χ2n) is 14.3. The van der Waals surface area contributed by atoms with E-state index < -0.39 is 59.5 Å². The van der Waals surface area contributed by atoms with Crippen molar-refractivity contribution < 1.29 is 29.0 Å². The molecule has 272 valence electrons. The van der Waals surface area contributed by atoms with Crippen LogP contribution in [-0.2, 0) is 36.9 Å². The quantitative estimate of drug-likeness (QED) is 0.0603. The summed E-state index contributed by atoms with van der Waals surface area (Å²) in [5.41, 5.74) is 9.33. The van der Waals surface area contributed by atoms with Crippen LogP contribution < -0.4 is 21.3 Å². The minimum absolute atomic E-state index is 0.000229. The zero-order valence-electron chi connectivity index (χ0n) is 30.0. The van der Waals surface area contributed by atoms with Gasteiger partial charge in [0, 0.05) is 11.5 Å². The largest absolute Gasteiger partial charge is 0.387 e. The number of azide groups is 1. The van der Waals surface area contributed by atoms with Gasteiger partial charge in [-0.1, -0.05) is 107 Å². The summed E-state index contributed by atoms with van der Waals surface area (Å²) in [6, 6.07) is 14.5. The molecule has 6 atom stereocenters. The monoisotopic (exact) mass is 691 g/mol. The van der Waals surface area contributed by atoms with Gasteiger partial charge in [0.15, 0.2) is 5.60 Å². The van der Waals surface area contributed by atoms with Crippen molar-refractivity contribution in [2.24, 2.45) is 22.9 Å². The van der Waals surface area contributed by atoms with E-state index >= 15 is 0 Å². The van der Waals surface area contributed by atoms with Gasteiger partial charge < -0.3 is 31.1 Å². The first-order valence-corrected chi connectivity index (χ1v) is 17.4. The van der Waals surface area contributed by atoms with Gasteiger partial charge in [0.25, 0.3) is 5.91 Å². The van der Waals surface area contributed by atoms with Gasteiger partial charge >= 0.3 is 0 Å². The number of amides is 4. The number of carbonyl (C=O) groups is 4. The number of epoxide rings is 1. The fourth-order valence-corrected chi connectivity index (χ4v) is 5.86. The molecule has 1 heterocycles. The highest BCUT2D eigenvalue weighted by Gasteiger charge is 2.60. The first kappa shape index (κ1) is 40.0. The average Bonchev–Trinajstić information content (AvgIpc) is 3.88. The van der Waals surface area contributed by atoms with E-state index in [9.17, 15) is 24.3 Å². The third-order valence-electron chi connectivity index (χ3n) is 8.49. The van der Waals surface area contributed by atoms with Crippen molar-refractivity contribution in [2.45, 2.75) is 110 Å². The van der Waals surface area contributed by atoms with Crippen LogP contribution in [0.2, 0.25) is 0 Å². The number of carbonyl (C=O) groups excluding carboxylic acids is 4. The lowest BCUT2D eigenvalue weighted by Gasteiger charge is -2.31. The summed E-state index contributed by atoms with van der Waals surface area (Å²) in [5, 5.41) is 26.5. The predicted molar refractivity (Wildman–Crippen MR) is 190 cm³/mol. The van der Waals surface area contributed by atoms with Crippen LogP contribution in [0.5, 0.6) is 0 Å². The van der Waals surface area contributed by atoms with Crippen molar-refractivity contribution in [1.82, 2.24) is 21.3 Å². The van der Waals surface area contributed by atoms with Crippen LogP contribution in [0.1, 0.15) is 71.9 Å². The van der Waals surface area contributed by atoms with Crippen LogP contribution in [-0.4, -0.2) is 71.2 Å². The standard InChI is InChI=1S/C37H53N7O6/c1-23(2)17-28(32(45)37(22-50-37)36(49)39-21-27-15-11-8-12-16-27)40-33(46)29(18-24(3)4)41-34(47)30(19-25(5)6)42-35(48)31(43-44-38)20-26-13-9-7-10-14-26/h7-16,23-25,28-32,45H,17-22H2,1-6H3,(H,39,49)(H,40,46)(H,41,47)(H,42,48)/t28-,29-,30-,31-,32+,37-/m0/s1. The molecule has 4 amide bonds. The number of benzene rings is 2. The maximum atomic E-state index is 13.9. The molecule has 0 spiro atoms. The van der Waals surface area contributed by atoms with Gasteiger partial charge in [-0.3, -0.25) is 19.2 Å². The van der Waals surface area contributed by atoms with Crippen molar-refractivity contribution >= 4 is 23.6 Å². The molecule has 1 fully saturated rings. The first-order valence-electron chi connectivity index (χ1n) is 17.4. The number of hydrogen-bond acceptors (Lipinski definition) is 7. The molecule has 1 aliphatic rings. The fourth-order valence-electron chi connectivity index (χ4n) is 5.86. The smallest absolute Gasteiger partial charge is 0.257 e. The van der Waals surface area contributed by atoms with Gasteiger partial charge in [-0.05, 0) is 60.1 Å². The van der Waals surface area contributed by atoms with Crippen molar-refractivity contribution in [1.29, 1.82) is 0 Å². The molecule has 3 rings (SSSR count). The molecule has 0 unspecified atom stereocenters. The summed E-state index contributed by atoms with van der Waals surface area (Å²) in [5.74, 6) is -2.11. The Hall–Kier alpha value is -4.45. The van der Waals surface area contributed by atoms with Gasteiger partial charge in [0.1, 0.15) is 24.2 Å². The third-order valence-corrected chi connectivity index (χ3v) is 8.49. The summed E-state index contributed by atoms with van der Waals surface area (Å²) in [6.45, 7) is 11.8. The number of aliphatic hydroxyl groups excluding tert-OH is 1. The molecular weight excluding hydrogens is 638 g/mol. The lowest BCUT2D eigenvalue weighted by molar-refractivity contribution is -0.135. The highest BCUT2D eigenvalue weighted by Crippen LogP contribution is 2.34. The summed E-state index contributed by atoms with van der Waals surface area (Å²) < 4.78 is 5.57. The zero-order chi connectivity index (χ0) is 36.8. The Morgan fingerprint density at radius 2 is 1.26 bits per heavy atom. The molecule has 0 aromatic heterocycles. The van der Waals surface area contributed by atoms with E-state index in [1.54, 1.807) is 0 Å². The number of ether oxygens (including phenoxy) is 1. The maximum Gasteiger partial charge on any atom is 0.257 e. The van der Waals surface area contributed by atoms with Crippen LogP contribution in [0.3, 0.4) is 0 Å². The zero-order valence-corrected chi connectivity index (χ0v) is 30.0. The van der Waals surface area contributed by atoms with Crippen molar-refractivity contribution in [3.8, 4) is 0 Å². The molecule has 13 heteroatoms. The van der Waals surface area contributed by atoms with E-state index in [4.69, 9.17) is 10.3 Å². The van der Waals surface area contributed by atoms with Crippen LogP contribution in [0, 0.1) is 17.8 Å². The lowest BCUT2D eigenvalue weighted by atomic mass is 9.89. The number of hydrogen-bond donors (Lipinski definition) is 5. The number of aliphatic hydroxyl groups is 1. The Morgan fingerprint density at radius 1 is 0.780 bits per heavy atom. The van der Waals surface area contributed by atoms with Crippen molar-refractivity contribution in [3.05, 3.63) is 82.2 Å². The second-order valence-corrected chi connectivity index (χ2v) is 14.3. The Morgan fingerprint density at radius 3 is 1.74 bits per heavy atom. The Kier molecular flexibility index (Phi) is 15.3. The van der Waals surface area contributed by atoms with E-state index in [1.807, 2.05) is 102 Å². The number of nitrogens with zero attached hydrogens (tertiary/aromatic N) is 3. The number of nitrogens with one attached hydrogen (secondary N) is 4. The predicted octanol–water partition coefficient (Wildman–Crippen LogP) is 3.95. The average molecular weight is 692 g/mol. The molecule has 0 aliphatic carbocycles. The van der Waals surface area contributed by atoms with E-state index in [0.717, 1.165) is 11.1 Å². The number of rotatable bonds is 20. The second kappa shape index (κ2) is 19.1. The van der Waals surface area contributed by atoms with Gasteiger partial charge in [-0.15, -0.1) is 0 Å². The molecular formula is C37H53N7O6. The van der Waals surface area contributed by atoms with Crippen LogP contribution in [0.4, 0.5) is 0 Å². The van der Waals surface area contributed by atoms with Crippen molar-refractivity contribution in [3.63, 3.8) is 0 Å². The molecule has 1 saturated heterocycles. The molecule has 13 nitrogen and oxygen atoms in total. The summed E-state index contributed by atoms with van der Waals surface area (Å²) >= 11 is 0. The summed E-state index contributed by atoms with van der Waals surface area (Å²) in [6.07, 6.45) is -0.302. The molecule has 0 saturated carbocycles. The fraction of sp³-hybridized carbons (Fsp3) is 0.568. The lowest BCUT2D eigenvalue weighted by Crippen LogP contribution is -2.60. The Bertz CT molecular complexity index is 1460. The maximum absolute atomic E-state index is 13.9. The Balaban J connectivity index is 1.75. The van der Waals surface area contributed by atoms with Crippen LogP contribution in [0.25, 0.3) is 10.4 Å². The molecule has 0 radical (unpaired) electrons. The van der Waals surface area contributed by atoms with E-state index in [1.165, 1.54) is 0 Å². The van der Waals surface area contributed by atoms with Crippen LogP contribution in [0.15, 0.2) is 65.8 Å². The molecule has 0 bridgehead atoms. The summed E-state index contributed by atoms with van der Waals surface area (Å²) in [4.78, 5) is 57.1. The van der Waals surface area contributed by atoms with Gasteiger partial charge in [-0.25, -0.2) is 0 Å². The first-order chi connectivity index (χ1) is 23.7. The topological polar surface area (TPSA) is 198 Å². The molecule has 1 aliphatic heterocycles. The molecule has 2 aromatic carbocycles. The molecule has 2 aromatic rings. The van der Waals surface area contributed by atoms with Gasteiger partial charge in [-0.2, -0.15) is 0 Å². The minimum Gasteiger partial charge on any atom is -0.387 e. The minimum atomic E-state index is -1.51. The van der Waals surface area contributed by atoms with E-state index in [0.29, 0.717) is 6.42 Å². The van der Waals surface area contributed by atoms with Crippen LogP contribution >= 0.6 is 0 Å². The SMILES string of the molecule is CC(C)C[C@H](NC(=O)[C@H](Cc1ccccc1)N=[N+]=[N-])C(=O)N[C@@H](CC(C)C)C(=O)N[C@@H](CC(C)C)[C@@H](O)[C@]1(C(=O)NCc2ccccc2)CO1. The highest BCUT2D eigenvalue weighted by molar-refractivity contribution is 5.93. The highest BCUT2D eigenvalue weighted by atomic mass is 16.6. The van der Waals surface area contributed by atoms with Gasteiger partial charge in [0.2, 0.25) is 17.7 Å². The van der Waals surface area contributed by atoms with E-state index in [2.05, 4.69) is 31.3 Å².